The van der Waals surface area contributed by atoms with Gasteiger partial charge < -0.3 is 19.2 Å². The quantitative estimate of drug-likeness (QED) is 0.889. The Bertz CT molecular complexity index is 548. The van der Waals surface area contributed by atoms with Gasteiger partial charge in [0.05, 0.1) is 25.9 Å². The molecule has 2 aromatic rings. The maximum Gasteiger partial charge on any atom is 0.145 e. The van der Waals surface area contributed by atoms with Crippen molar-refractivity contribution >= 4 is 5.69 Å². The van der Waals surface area contributed by atoms with Crippen molar-refractivity contribution < 1.29 is 13.9 Å². The van der Waals surface area contributed by atoms with Gasteiger partial charge in [0.1, 0.15) is 23.0 Å². The van der Waals surface area contributed by atoms with Gasteiger partial charge in [-0.3, -0.25) is 0 Å². The van der Waals surface area contributed by atoms with Gasteiger partial charge in [-0.25, -0.2) is 0 Å². The lowest BCUT2D eigenvalue weighted by Gasteiger charge is -2.16. The standard InChI is InChI=1S/C15H19NO3/c1-10-5-8-14(19-10)11(2)16-13-7-6-12(17-3)9-15(13)18-4/h5-9,11,16H,1-4H3. The molecule has 0 aliphatic carbocycles. The molecule has 4 nitrogen and oxygen atoms in total. The van der Waals surface area contributed by atoms with Crippen LogP contribution < -0.4 is 14.8 Å². The Morgan fingerprint density at radius 1 is 1.11 bits per heavy atom. The van der Waals surface area contributed by atoms with E-state index in [2.05, 4.69) is 5.32 Å². The zero-order valence-corrected chi connectivity index (χ0v) is 11.7. The molecule has 2 rings (SSSR count). The molecule has 0 radical (unpaired) electrons. The first-order valence-electron chi connectivity index (χ1n) is 6.19. The summed E-state index contributed by atoms with van der Waals surface area (Å²) in [5.74, 6) is 3.32. The van der Waals surface area contributed by atoms with Crippen molar-refractivity contribution in [2.45, 2.75) is 19.9 Å². The van der Waals surface area contributed by atoms with Gasteiger partial charge in [-0.2, -0.15) is 0 Å². The summed E-state index contributed by atoms with van der Waals surface area (Å²) in [5.41, 5.74) is 0.907. The Balaban J connectivity index is 2.18. The lowest BCUT2D eigenvalue weighted by molar-refractivity contribution is 0.395. The summed E-state index contributed by atoms with van der Waals surface area (Å²) < 4.78 is 16.1. The third-order valence-electron chi connectivity index (χ3n) is 2.97. The second-order valence-electron chi connectivity index (χ2n) is 4.38. The van der Waals surface area contributed by atoms with Crippen LogP contribution in [0.3, 0.4) is 0 Å². The molecular weight excluding hydrogens is 242 g/mol. The van der Waals surface area contributed by atoms with E-state index < -0.39 is 0 Å². The van der Waals surface area contributed by atoms with E-state index in [1.807, 2.05) is 44.2 Å². The Hall–Kier alpha value is -2.10. The second-order valence-corrected chi connectivity index (χ2v) is 4.38. The van der Waals surface area contributed by atoms with Gasteiger partial charge in [-0.15, -0.1) is 0 Å². The van der Waals surface area contributed by atoms with Crippen molar-refractivity contribution in [1.29, 1.82) is 0 Å². The molecule has 0 spiro atoms. The first kappa shape index (κ1) is 13.3. The maximum atomic E-state index is 5.61. The molecular formula is C15H19NO3. The summed E-state index contributed by atoms with van der Waals surface area (Å²) in [7, 11) is 3.28. The number of hydrogen-bond acceptors (Lipinski definition) is 4. The first-order chi connectivity index (χ1) is 9.13. The number of nitrogens with one attached hydrogen (secondary N) is 1. The summed E-state index contributed by atoms with van der Waals surface area (Å²) in [6, 6.07) is 9.68. The van der Waals surface area contributed by atoms with E-state index in [1.165, 1.54) is 0 Å². The van der Waals surface area contributed by atoms with E-state index in [-0.39, 0.29) is 6.04 Å². The fourth-order valence-electron chi connectivity index (χ4n) is 1.91. The fraction of sp³-hybridized carbons (Fsp3) is 0.333. The summed E-state index contributed by atoms with van der Waals surface area (Å²) in [4.78, 5) is 0. The Morgan fingerprint density at radius 2 is 1.89 bits per heavy atom. The number of ether oxygens (including phenoxy) is 2. The molecule has 0 aliphatic rings. The highest BCUT2D eigenvalue weighted by molar-refractivity contribution is 5.59. The van der Waals surface area contributed by atoms with Crippen molar-refractivity contribution in [3.63, 3.8) is 0 Å². The number of anilines is 1. The van der Waals surface area contributed by atoms with E-state index in [0.29, 0.717) is 0 Å². The highest BCUT2D eigenvalue weighted by Gasteiger charge is 2.12. The third-order valence-corrected chi connectivity index (χ3v) is 2.97. The van der Waals surface area contributed by atoms with Gasteiger partial charge in [0.2, 0.25) is 0 Å². The van der Waals surface area contributed by atoms with Crippen LogP contribution in [-0.4, -0.2) is 14.2 Å². The Morgan fingerprint density at radius 3 is 2.47 bits per heavy atom. The zero-order chi connectivity index (χ0) is 13.8. The smallest absolute Gasteiger partial charge is 0.145 e. The molecule has 0 bridgehead atoms. The van der Waals surface area contributed by atoms with Crippen molar-refractivity contribution in [1.82, 2.24) is 0 Å². The SMILES string of the molecule is COc1ccc(NC(C)c2ccc(C)o2)c(OC)c1. The highest BCUT2D eigenvalue weighted by Crippen LogP contribution is 2.32. The van der Waals surface area contributed by atoms with Crippen LogP contribution in [0.25, 0.3) is 0 Å². The molecule has 1 heterocycles. The molecule has 19 heavy (non-hydrogen) atoms. The molecule has 0 amide bonds. The van der Waals surface area contributed by atoms with E-state index in [9.17, 15) is 0 Å². The van der Waals surface area contributed by atoms with Gasteiger partial charge in [0, 0.05) is 6.07 Å². The van der Waals surface area contributed by atoms with Crippen LogP contribution in [0.2, 0.25) is 0 Å². The number of furan rings is 1. The van der Waals surface area contributed by atoms with E-state index in [1.54, 1.807) is 14.2 Å². The monoisotopic (exact) mass is 261 g/mol. The van der Waals surface area contributed by atoms with Crippen LogP contribution in [0.1, 0.15) is 24.5 Å². The van der Waals surface area contributed by atoms with Gasteiger partial charge in [0.25, 0.3) is 0 Å². The number of methoxy groups -OCH3 is 2. The summed E-state index contributed by atoms with van der Waals surface area (Å²) in [6.07, 6.45) is 0. The van der Waals surface area contributed by atoms with Crippen molar-refractivity contribution in [2.24, 2.45) is 0 Å². The summed E-state index contributed by atoms with van der Waals surface area (Å²) in [6.45, 7) is 3.98. The average molecular weight is 261 g/mol. The predicted octanol–water partition coefficient (Wildman–Crippen LogP) is 3.78. The number of rotatable bonds is 5. The summed E-state index contributed by atoms with van der Waals surface area (Å²) >= 11 is 0. The number of hydrogen-bond donors (Lipinski definition) is 1. The van der Waals surface area contributed by atoms with E-state index in [0.717, 1.165) is 28.7 Å². The van der Waals surface area contributed by atoms with E-state index in [4.69, 9.17) is 13.9 Å². The van der Waals surface area contributed by atoms with Crippen LogP contribution in [-0.2, 0) is 0 Å². The van der Waals surface area contributed by atoms with E-state index >= 15 is 0 Å². The molecule has 4 heteroatoms. The number of aryl methyl sites for hydroxylation is 1. The van der Waals surface area contributed by atoms with Crippen LogP contribution >= 0.6 is 0 Å². The van der Waals surface area contributed by atoms with Crippen molar-refractivity contribution in [2.75, 3.05) is 19.5 Å². The molecule has 0 saturated heterocycles. The van der Waals surface area contributed by atoms with Crippen LogP contribution in [0.15, 0.2) is 34.7 Å². The fourth-order valence-corrected chi connectivity index (χ4v) is 1.91. The van der Waals surface area contributed by atoms with Crippen LogP contribution in [0.5, 0.6) is 11.5 Å². The first-order valence-corrected chi connectivity index (χ1v) is 6.19. The van der Waals surface area contributed by atoms with Gasteiger partial charge >= 0.3 is 0 Å². The number of benzene rings is 1. The minimum Gasteiger partial charge on any atom is -0.497 e. The minimum absolute atomic E-state index is 0.0657. The highest BCUT2D eigenvalue weighted by atomic mass is 16.5. The molecule has 0 saturated carbocycles. The molecule has 0 aliphatic heterocycles. The lowest BCUT2D eigenvalue weighted by atomic mass is 10.2. The maximum absolute atomic E-state index is 5.61. The van der Waals surface area contributed by atoms with Gasteiger partial charge in [-0.05, 0) is 38.1 Å². The third kappa shape index (κ3) is 3.02. The molecule has 1 N–H and O–H groups in total. The molecule has 1 atom stereocenters. The second kappa shape index (κ2) is 5.69. The average Bonchev–Trinajstić information content (AvgIpc) is 2.86. The lowest BCUT2D eigenvalue weighted by Crippen LogP contribution is -2.06. The predicted molar refractivity (Wildman–Crippen MR) is 75.0 cm³/mol. The van der Waals surface area contributed by atoms with Crippen molar-refractivity contribution in [3.8, 4) is 11.5 Å². The Kier molecular flexibility index (Phi) is 4.00. The molecule has 1 aromatic heterocycles. The summed E-state index contributed by atoms with van der Waals surface area (Å²) in [5, 5.41) is 3.37. The minimum atomic E-state index is 0.0657. The molecule has 1 aromatic carbocycles. The van der Waals surface area contributed by atoms with Gasteiger partial charge in [-0.1, -0.05) is 0 Å². The largest absolute Gasteiger partial charge is 0.497 e. The van der Waals surface area contributed by atoms with Crippen molar-refractivity contribution in [3.05, 3.63) is 41.9 Å². The van der Waals surface area contributed by atoms with Gasteiger partial charge in [0.15, 0.2) is 0 Å². The topological polar surface area (TPSA) is 43.6 Å². The Labute approximate surface area is 113 Å². The normalized spacial score (nSPS) is 12.0. The zero-order valence-electron chi connectivity index (χ0n) is 11.7. The molecule has 102 valence electrons. The molecule has 1 unspecified atom stereocenters. The van der Waals surface area contributed by atoms with Crippen LogP contribution in [0.4, 0.5) is 5.69 Å². The molecule has 0 fully saturated rings. The van der Waals surface area contributed by atoms with Crippen LogP contribution in [0, 0.1) is 6.92 Å².